The minimum atomic E-state index is -0.787. The van der Waals surface area contributed by atoms with E-state index in [0.717, 1.165) is 44.9 Å². The molecule has 1 N–H and O–H groups in total. The summed E-state index contributed by atoms with van der Waals surface area (Å²) in [7, 11) is 1.72. The Kier molecular flexibility index (Phi) is 7.10. The fraction of sp³-hybridized carbons (Fsp3) is 0.619. The van der Waals surface area contributed by atoms with Gasteiger partial charge in [0, 0.05) is 18.1 Å². The van der Waals surface area contributed by atoms with Crippen LogP contribution >= 0.6 is 23.2 Å². The molecule has 0 unspecified atom stereocenters. The Balaban J connectivity index is 1.68. The monoisotopic (exact) mass is 426 g/mol. The highest BCUT2D eigenvalue weighted by Crippen LogP contribution is 2.34. The van der Waals surface area contributed by atoms with Gasteiger partial charge in [0.15, 0.2) is 6.61 Å². The van der Waals surface area contributed by atoms with Crippen molar-refractivity contribution in [1.29, 1.82) is 0 Å². The second kappa shape index (κ2) is 9.36. The highest BCUT2D eigenvalue weighted by atomic mass is 35.5. The van der Waals surface area contributed by atoms with Crippen molar-refractivity contribution in [3.8, 4) is 5.75 Å². The van der Waals surface area contributed by atoms with Crippen LogP contribution in [0.15, 0.2) is 18.2 Å². The van der Waals surface area contributed by atoms with E-state index in [1.807, 2.05) is 0 Å². The molecule has 7 heteroatoms. The first kappa shape index (κ1) is 21.3. The van der Waals surface area contributed by atoms with Gasteiger partial charge in [0.2, 0.25) is 5.91 Å². The van der Waals surface area contributed by atoms with Gasteiger partial charge in [0.05, 0.1) is 5.02 Å². The quantitative estimate of drug-likeness (QED) is 0.723. The molecule has 0 heterocycles. The number of rotatable bonds is 6. The van der Waals surface area contributed by atoms with Crippen LogP contribution in [0, 0.1) is 0 Å². The topological polar surface area (TPSA) is 58.6 Å². The number of likely N-dealkylation sites (N-methyl/N-ethyl adjacent to an activating group) is 1. The molecule has 2 aliphatic carbocycles. The number of hydrogen-bond acceptors (Lipinski definition) is 3. The maximum atomic E-state index is 13.2. The van der Waals surface area contributed by atoms with Gasteiger partial charge >= 0.3 is 0 Å². The van der Waals surface area contributed by atoms with Crippen LogP contribution in [-0.4, -0.2) is 41.9 Å². The molecular formula is C21H28Cl2N2O3. The van der Waals surface area contributed by atoms with Crippen LogP contribution in [0.2, 0.25) is 10.0 Å². The molecule has 3 rings (SSSR count). The minimum absolute atomic E-state index is 0.0144. The second-order valence-corrected chi connectivity index (χ2v) is 8.71. The number of carbonyl (C=O) groups is 2. The molecule has 0 radical (unpaired) electrons. The summed E-state index contributed by atoms with van der Waals surface area (Å²) >= 11 is 12.0. The average Bonchev–Trinajstić information content (AvgIpc) is 3.20. The largest absolute Gasteiger partial charge is 0.482 e. The molecule has 0 bridgehead atoms. The number of halogens is 2. The number of nitrogens with zero attached hydrogens (tertiary/aromatic N) is 1. The zero-order valence-corrected chi connectivity index (χ0v) is 17.8. The zero-order chi connectivity index (χ0) is 20.1. The SMILES string of the molecule is CN(C(=O)COc1ccc(Cl)cc1Cl)C1(C(=O)NC2CCCC2)CCCCC1. The summed E-state index contributed by atoms with van der Waals surface area (Å²) in [6.45, 7) is -0.170. The summed E-state index contributed by atoms with van der Waals surface area (Å²) in [5.41, 5.74) is -0.787. The average molecular weight is 427 g/mol. The third-order valence-electron chi connectivity index (χ3n) is 6.05. The predicted molar refractivity (Wildman–Crippen MR) is 111 cm³/mol. The molecule has 154 valence electrons. The van der Waals surface area contributed by atoms with Crippen LogP contribution in [0.3, 0.4) is 0 Å². The molecule has 1 aromatic rings. The van der Waals surface area contributed by atoms with E-state index in [1.165, 1.54) is 0 Å². The van der Waals surface area contributed by atoms with Crippen molar-refractivity contribution in [2.45, 2.75) is 69.4 Å². The van der Waals surface area contributed by atoms with Crippen LogP contribution in [0.5, 0.6) is 5.75 Å². The lowest BCUT2D eigenvalue weighted by Crippen LogP contribution is -2.62. The number of benzene rings is 1. The molecule has 0 spiro atoms. The first-order valence-electron chi connectivity index (χ1n) is 10.1. The van der Waals surface area contributed by atoms with Crippen LogP contribution in [0.25, 0.3) is 0 Å². The molecule has 1 aromatic carbocycles. The lowest BCUT2D eigenvalue weighted by molar-refractivity contribution is -0.150. The fourth-order valence-corrected chi connectivity index (χ4v) is 4.77. The molecule has 2 saturated carbocycles. The van der Waals surface area contributed by atoms with Gasteiger partial charge in [0.1, 0.15) is 11.3 Å². The Morgan fingerprint density at radius 2 is 1.82 bits per heavy atom. The maximum Gasteiger partial charge on any atom is 0.261 e. The van der Waals surface area contributed by atoms with E-state index >= 15 is 0 Å². The molecule has 28 heavy (non-hydrogen) atoms. The Bertz CT molecular complexity index is 714. The van der Waals surface area contributed by atoms with Gasteiger partial charge in [-0.3, -0.25) is 9.59 Å². The van der Waals surface area contributed by atoms with Gasteiger partial charge in [-0.2, -0.15) is 0 Å². The Labute approximate surface area is 176 Å². The predicted octanol–water partition coefficient (Wildman–Crippen LogP) is 4.59. The second-order valence-electron chi connectivity index (χ2n) is 7.86. The van der Waals surface area contributed by atoms with Crippen LogP contribution in [0.1, 0.15) is 57.8 Å². The number of carbonyl (C=O) groups excluding carboxylic acids is 2. The Hall–Kier alpha value is -1.46. The first-order valence-corrected chi connectivity index (χ1v) is 10.8. The molecule has 0 aliphatic heterocycles. The van der Waals surface area contributed by atoms with Gasteiger partial charge in [0.25, 0.3) is 5.91 Å². The minimum Gasteiger partial charge on any atom is -0.482 e. The number of hydrogen-bond donors (Lipinski definition) is 1. The van der Waals surface area contributed by atoms with Crippen molar-refractivity contribution in [2.24, 2.45) is 0 Å². The van der Waals surface area contributed by atoms with Crippen LogP contribution in [-0.2, 0) is 9.59 Å². The molecule has 2 fully saturated rings. The number of ether oxygens (including phenoxy) is 1. The van der Waals surface area contributed by atoms with Crippen molar-refractivity contribution in [1.82, 2.24) is 10.2 Å². The third-order valence-corrected chi connectivity index (χ3v) is 6.59. The van der Waals surface area contributed by atoms with Crippen LogP contribution < -0.4 is 10.1 Å². The summed E-state index contributed by atoms with van der Waals surface area (Å²) in [6.07, 6.45) is 8.72. The van der Waals surface area contributed by atoms with Gasteiger partial charge in [-0.25, -0.2) is 0 Å². The molecule has 0 atom stereocenters. The molecular weight excluding hydrogens is 399 g/mol. The lowest BCUT2D eigenvalue weighted by Gasteiger charge is -2.43. The van der Waals surface area contributed by atoms with Gasteiger partial charge in [-0.1, -0.05) is 55.3 Å². The summed E-state index contributed by atoms with van der Waals surface area (Å²) < 4.78 is 5.61. The van der Waals surface area contributed by atoms with E-state index < -0.39 is 5.54 Å². The highest BCUT2D eigenvalue weighted by molar-refractivity contribution is 6.35. The van der Waals surface area contributed by atoms with E-state index in [9.17, 15) is 9.59 Å². The summed E-state index contributed by atoms with van der Waals surface area (Å²) in [5.74, 6) is 0.162. The zero-order valence-electron chi connectivity index (χ0n) is 16.3. The Morgan fingerprint density at radius 3 is 2.46 bits per heavy atom. The van der Waals surface area contributed by atoms with E-state index in [0.29, 0.717) is 28.6 Å². The van der Waals surface area contributed by atoms with Crippen molar-refractivity contribution >= 4 is 35.0 Å². The molecule has 5 nitrogen and oxygen atoms in total. The maximum absolute atomic E-state index is 13.2. The number of nitrogens with one attached hydrogen (secondary N) is 1. The van der Waals surface area contributed by atoms with Gasteiger partial charge in [-0.15, -0.1) is 0 Å². The molecule has 0 aromatic heterocycles. The standard InChI is InChI=1S/C21H28Cl2N2O3/c1-25(19(26)14-28-18-10-9-15(22)13-17(18)23)21(11-5-2-6-12-21)20(27)24-16-7-3-4-8-16/h9-10,13,16H,2-8,11-12,14H2,1H3,(H,24,27). The first-order chi connectivity index (χ1) is 13.4. The summed E-state index contributed by atoms with van der Waals surface area (Å²) in [6, 6.07) is 5.11. The third kappa shape index (κ3) is 4.74. The van der Waals surface area contributed by atoms with Gasteiger partial charge < -0.3 is 15.0 Å². The van der Waals surface area contributed by atoms with E-state index in [4.69, 9.17) is 27.9 Å². The van der Waals surface area contributed by atoms with Crippen LogP contribution in [0.4, 0.5) is 0 Å². The fourth-order valence-electron chi connectivity index (χ4n) is 4.31. The smallest absolute Gasteiger partial charge is 0.261 e. The van der Waals surface area contributed by atoms with Crippen molar-refractivity contribution < 1.29 is 14.3 Å². The van der Waals surface area contributed by atoms with Gasteiger partial charge in [-0.05, 0) is 43.9 Å². The molecule has 2 amide bonds. The lowest BCUT2D eigenvalue weighted by atomic mass is 9.79. The van der Waals surface area contributed by atoms with Crippen molar-refractivity contribution in [3.05, 3.63) is 28.2 Å². The van der Waals surface area contributed by atoms with Crippen molar-refractivity contribution in [3.63, 3.8) is 0 Å². The molecule has 2 aliphatic rings. The summed E-state index contributed by atoms with van der Waals surface area (Å²) in [4.78, 5) is 27.7. The van der Waals surface area contributed by atoms with E-state index in [1.54, 1.807) is 30.1 Å². The van der Waals surface area contributed by atoms with E-state index in [-0.39, 0.29) is 24.5 Å². The molecule has 0 saturated heterocycles. The van der Waals surface area contributed by atoms with E-state index in [2.05, 4.69) is 5.32 Å². The number of amides is 2. The highest BCUT2D eigenvalue weighted by Gasteiger charge is 2.45. The normalized spacial score (nSPS) is 19.2. The Morgan fingerprint density at radius 1 is 1.14 bits per heavy atom. The van der Waals surface area contributed by atoms with Crippen molar-refractivity contribution in [2.75, 3.05) is 13.7 Å². The summed E-state index contributed by atoms with van der Waals surface area (Å²) in [5, 5.41) is 4.07.